The second kappa shape index (κ2) is 4.28. The van der Waals surface area contributed by atoms with Crippen molar-refractivity contribution in [2.24, 2.45) is 5.92 Å². The van der Waals surface area contributed by atoms with Crippen LogP contribution < -0.4 is 5.32 Å². The molecule has 4 nitrogen and oxygen atoms in total. The van der Waals surface area contributed by atoms with E-state index in [0.29, 0.717) is 5.57 Å². The highest BCUT2D eigenvalue weighted by Gasteiger charge is 2.44. The van der Waals surface area contributed by atoms with Crippen molar-refractivity contribution in [2.75, 3.05) is 0 Å². The summed E-state index contributed by atoms with van der Waals surface area (Å²) in [6.45, 7) is 5.28. The van der Waals surface area contributed by atoms with Gasteiger partial charge >= 0.3 is 5.97 Å². The van der Waals surface area contributed by atoms with E-state index < -0.39 is 0 Å². The molecule has 0 aromatic heterocycles. The highest BCUT2D eigenvalue weighted by atomic mass is 16.6. The monoisotopic (exact) mass is 223 g/mol. The van der Waals surface area contributed by atoms with E-state index in [2.05, 4.69) is 11.9 Å². The molecule has 0 spiro atoms. The van der Waals surface area contributed by atoms with Gasteiger partial charge in [0, 0.05) is 18.4 Å². The van der Waals surface area contributed by atoms with Crippen molar-refractivity contribution in [1.29, 1.82) is 0 Å². The lowest BCUT2D eigenvalue weighted by atomic mass is 9.91. The number of nitrogens with one attached hydrogen (secondary N) is 1. The van der Waals surface area contributed by atoms with E-state index in [4.69, 9.17) is 4.74 Å². The second-order valence-corrected chi connectivity index (χ2v) is 4.59. The molecule has 0 aromatic rings. The predicted octanol–water partition coefficient (Wildman–Crippen LogP) is 1.16. The number of rotatable bonds is 1. The molecule has 1 amide bonds. The average Bonchev–Trinajstić information content (AvgIpc) is 2.40. The van der Waals surface area contributed by atoms with Gasteiger partial charge in [0.2, 0.25) is 5.91 Å². The summed E-state index contributed by atoms with van der Waals surface area (Å²) >= 11 is 0. The lowest BCUT2D eigenvalue weighted by Crippen LogP contribution is -2.44. The summed E-state index contributed by atoms with van der Waals surface area (Å²) in [4.78, 5) is 22.6. The molecule has 0 aromatic carbocycles. The minimum absolute atomic E-state index is 0.0480. The maximum Gasteiger partial charge on any atom is 0.334 e. The van der Waals surface area contributed by atoms with Crippen LogP contribution in [0.25, 0.3) is 0 Å². The van der Waals surface area contributed by atoms with Crippen molar-refractivity contribution in [3.05, 3.63) is 12.2 Å². The topological polar surface area (TPSA) is 55.4 Å². The van der Waals surface area contributed by atoms with Crippen LogP contribution in [0.5, 0.6) is 0 Å². The minimum atomic E-state index is -0.299. The van der Waals surface area contributed by atoms with Crippen LogP contribution in [0.2, 0.25) is 0 Å². The van der Waals surface area contributed by atoms with E-state index >= 15 is 0 Å². The second-order valence-electron chi connectivity index (χ2n) is 4.59. The zero-order valence-corrected chi connectivity index (χ0v) is 9.49. The largest absolute Gasteiger partial charge is 0.456 e. The van der Waals surface area contributed by atoms with Crippen molar-refractivity contribution in [1.82, 2.24) is 5.32 Å². The Labute approximate surface area is 95.0 Å². The Hall–Kier alpha value is -1.32. The van der Waals surface area contributed by atoms with E-state index in [1.54, 1.807) is 0 Å². The van der Waals surface area contributed by atoms with E-state index in [1.165, 1.54) is 6.92 Å². The van der Waals surface area contributed by atoms with Crippen LogP contribution in [0.4, 0.5) is 0 Å². The first-order valence-electron chi connectivity index (χ1n) is 5.76. The van der Waals surface area contributed by atoms with E-state index in [9.17, 15) is 9.59 Å². The molecule has 2 fully saturated rings. The minimum Gasteiger partial charge on any atom is -0.456 e. The molecule has 1 heterocycles. The fourth-order valence-electron chi connectivity index (χ4n) is 2.64. The molecule has 4 heteroatoms. The molecule has 1 aliphatic heterocycles. The number of amides is 1. The van der Waals surface area contributed by atoms with E-state index in [0.717, 1.165) is 25.7 Å². The van der Waals surface area contributed by atoms with Gasteiger partial charge in [0.25, 0.3) is 0 Å². The van der Waals surface area contributed by atoms with Gasteiger partial charge < -0.3 is 10.1 Å². The average molecular weight is 223 g/mol. The molecule has 3 atom stereocenters. The number of carbonyl (C=O) groups is 2. The van der Waals surface area contributed by atoms with Gasteiger partial charge in [0.1, 0.15) is 6.10 Å². The Kier molecular flexibility index (Phi) is 2.99. The zero-order valence-electron chi connectivity index (χ0n) is 9.49. The van der Waals surface area contributed by atoms with Crippen LogP contribution in [-0.4, -0.2) is 24.0 Å². The fourth-order valence-corrected chi connectivity index (χ4v) is 2.64. The Morgan fingerprint density at radius 3 is 2.81 bits per heavy atom. The summed E-state index contributed by atoms with van der Waals surface area (Å²) in [7, 11) is 0. The molecule has 1 aliphatic carbocycles. The predicted molar refractivity (Wildman–Crippen MR) is 58.6 cm³/mol. The highest BCUT2D eigenvalue weighted by Crippen LogP contribution is 2.36. The lowest BCUT2D eigenvalue weighted by Gasteiger charge is -2.24. The highest BCUT2D eigenvalue weighted by molar-refractivity contribution is 5.91. The molecule has 1 saturated carbocycles. The lowest BCUT2D eigenvalue weighted by molar-refractivity contribution is -0.141. The van der Waals surface area contributed by atoms with Crippen LogP contribution in [0.3, 0.4) is 0 Å². The molecule has 16 heavy (non-hydrogen) atoms. The number of ether oxygens (including phenoxy) is 1. The first-order valence-corrected chi connectivity index (χ1v) is 5.76. The van der Waals surface area contributed by atoms with Crippen molar-refractivity contribution in [3.63, 3.8) is 0 Å². The van der Waals surface area contributed by atoms with Crippen LogP contribution >= 0.6 is 0 Å². The van der Waals surface area contributed by atoms with Gasteiger partial charge in [0.05, 0.1) is 6.04 Å². The van der Waals surface area contributed by atoms with Gasteiger partial charge in [0.15, 0.2) is 0 Å². The van der Waals surface area contributed by atoms with Crippen LogP contribution in [-0.2, 0) is 14.3 Å². The quantitative estimate of drug-likeness (QED) is 0.536. The van der Waals surface area contributed by atoms with Gasteiger partial charge in [-0.25, -0.2) is 4.79 Å². The molecule has 0 bridgehead atoms. The molecule has 0 radical (unpaired) electrons. The number of hydrogen-bond donors (Lipinski definition) is 1. The van der Waals surface area contributed by atoms with Crippen molar-refractivity contribution in [3.8, 4) is 0 Å². The molecular formula is C12H17NO3. The van der Waals surface area contributed by atoms with Gasteiger partial charge in [-0.15, -0.1) is 0 Å². The maximum atomic E-state index is 11.4. The number of hydrogen-bond acceptors (Lipinski definition) is 3. The van der Waals surface area contributed by atoms with Crippen molar-refractivity contribution in [2.45, 2.75) is 44.8 Å². The maximum absolute atomic E-state index is 11.4. The standard InChI is InChI=1S/C12H17NO3/c1-7-9-5-3-4-6-10(13-8(2)14)11(9)16-12(7)15/h9-11H,1,3-6H2,2H3,(H,13,14). The van der Waals surface area contributed by atoms with Crippen LogP contribution in [0.15, 0.2) is 12.2 Å². The van der Waals surface area contributed by atoms with Crippen LogP contribution in [0, 0.1) is 5.92 Å². The third kappa shape index (κ3) is 1.96. The summed E-state index contributed by atoms with van der Waals surface area (Å²) in [6.07, 6.45) is 3.73. The third-order valence-electron chi connectivity index (χ3n) is 3.41. The van der Waals surface area contributed by atoms with Gasteiger partial charge in [-0.3, -0.25) is 4.79 Å². The molecule has 1 N–H and O–H groups in total. The molecule has 1 saturated heterocycles. The number of fused-ring (bicyclic) bond motifs is 1. The fraction of sp³-hybridized carbons (Fsp3) is 0.667. The SMILES string of the molecule is C=C1C(=O)OC2C(NC(C)=O)CCCCC12. The first kappa shape index (κ1) is 11.2. The third-order valence-corrected chi connectivity index (χ3v) is 3.41. The molecule has 2 aliphatic rings. The Morgan fingerprint density at radius 1 is 1.44 bits per heavy atom. The van der Waals surface area contributed by atoms with Gasteiger partial charge in [-0.05, 0) is 12.8 Å². The Bertz CT molecular complexity index is 337. The molecule has 2 rings (SSSR count). The van der Waals surface area contributed by atoms with Crippen LogP contribution in [0.1, 0.15) is 32.6 Å². The summed E-state index contributed by atoms with van der Waals surface area (Å²) in [5.41, 5.74) is 0.572. The first-order chi connectivity index (χ1) is 7.59. The number of esters is 1. The van der Waals surface area contributed by atoms with Gasteiger partial charge in [-0.1, -0.05) is 19.4 Å². The summed E-state index contributed by atoms with van der Waals surface area (Å²) in [5, 5.41) is 2.88. The van der Waals surface area contributed by atoms with Gasteiger partial charge in [-0.2, -0.15) is 0 Å². The molecule has 88 valence electrons. The molecular weight excluding hydrogens is 206 g/mol. The molecule has 3 unspecified atom stereocenters. The van der Waals surface area contributed by atoms with E-state index in [1.807, 2.05) is 0 Å². The number of carbonyl (C=O) groups excluding carboxylic acids is 2. The summed E-state index contributed by atoms with van der Waals surface area (Å²) in [6, 6.07) is -0.0480. The normalized spacial score (nSPS) is 33.9. The Morgan fingerprint density at radius 2 is 2.12 bits per heavy atom. The van der Waals surface area contributed by atoms with Crippen molar-refractivity contribution < 1.29 is 14.3 Å². The Balaban J connectivity index is 2.16. The van der Waals surface area contributed by atoms with E-state index in [-0.39, 0.29) is 29.9 Å². The summed E-state index contributed by atoms with van der Waals surface area (Å²) in [5.74, 6) is -0.279. The zero-order chi connectivity index (χ0) is 11.7. The summed E-state index contributed by atoms with van der Waals surface area (Å²) < 4.78 is 5.32. The smallest absolute Gasteiger partial charge is 0.334 e. The van der Waals surface area contributed by atoms with Crippen molar-refractivity contribution >= 4 is 11.9 Å².